The lowest BCUT2D eigenvalue weighted by Gasteiger charge is -2.05. The van der Waals surface area contributed by atoms with Gasteiger partial charge in [-0.1, -0.05) is 0 Å². The van der Waals surface area contributed by atoms with Crippen molar-refractivity contribution in [1.82, 2.24) is 0 Å². The van der Waals surface area contributed by atoms with Crippen LogP contribution in [0.25, 0.3) is 0 Å². The molecule has 68 valence electrons. The summed E-state index contributed by atoms with van der Waals surface area (Å²) in [7, 11) is 0. The molecule has 0 heterocycles. The lowest BCUT2D eigenvalue weighted by Crippen LogP contribution is -2.04. The highest BCUT2D eigenvalue weighted by Gasteiger charge is 2.07. The molecular formula is C10H16O2. The van der Waals surface area contributed by atoms with E-state index in [0.29, 0.717) is 37.2 Å². The van der Waals surface area contributed by atoms with Crippen LogP contribution in [0.3, 0.4) is 0 Å². The third kappa shape index (κ3) is 3.65. The number of rotatable bonds is 0. The van der Waals surface area contributed by atoms with E-state index in [9.17, 15) is 9.59 Å². The second kappa shape index (κ2) is 5.07. The quantitative estimate of drug-likeness (QED) is 0.556. The third-order valence-electron chi connectivity index (χ3n) is 2.32. The van der Waals surface area contributed by atoms with E-state index in [1.54, 1.807) is 0 Å². The Morgan fingerprint density at radius 1 is 0.583 bits per heavy atom. The van der Waals surface area contributed by atoms with Crippen molar-refractivity contribution < 1.29 is 9.59 Å². The molecular weight excluding hydrogens is 152 g/mol. The summed E-state index contributed by atoms with van der Waals surface area (Å²) in [6.07, 6.45) is 6.38. The lowest BCUT2D eigenvalue weighted by atomic mass is 9.99. The minimum atomic E-state index is 0.379. The largest absolute Gasteiger partial charge is 0.300 e. The Morgan fingerprint density at radius 3 is 1.08 bits per heavy atom. The second-order valence-electron chi connectivity index (χ2n) is 3.49. The van der Waals surface area contributed by atoms with E-state index in [4.69, 9.17) is 0 Å². The van der Waals surface area contributed by atoms with Crippen LogP contribution in [0.5, 0.6) is 0 Å². The predicted molar refractivity (Wildman–Crippen MR) is 47.0 cm³/mol. The minimum Gasteiger partial charge on any atom is -0.300 e. The summed E-state index contributed by atoms with van der Waals surface area (Å²) in [5.74, 6) is 0.758. The number of hydrogen-bond acceptors (Lipinski definition) is 2. The molecule has 0 aromatic rings. The van der Waals surface area contributed by atoms with E-state index < -0.39 is 0 Å². The topological polar surface area (TPSA) is 34.1 Å². The SMILES string of the molecule is O=C1CCCCC(=O)CCCC1. The second-order valence-corrected chi connectivity index (χ2v) is 3.49. The first-order valence-electron chi connectivity index (χ1n) is 4.82. The summed E-state index contributed by atoms with van der Waals surface area (Å²) in [6, 6.07) is 0. The van der Waals surface area contributed by atoms with Gasteiger partial charge in [0.1, 0.15) is 11.6 Å². The highest BCUT2D eigenvalue weighted by Crippen LogP contribution is 2.11. The van der Waals surface area contributed by atoms with Crippen LogP contribution < -0.4 is 0 Å². The van der Waals surface area contributed by atoms with Gasteiger partial charge in [0.15, 0.2) is 0 Å². The summed E-state index contributed by atoms with van der Waals surface area (Å²) in [5.41, 5.74) is 0. The van der Waals surface area contributed by atoms with E-state index in [0.717, 1.165) is 25.7 Å². The fourth-order valence-corrected chi connectivity index (χ4v) is 1.54. The van der Waals surface area contributed by atoms with E-state index >= 15 is 0 Å². The molecule has 1 aliphatic carbocycles. The average molecular weight is 168 g/mol. The number of ketones is 2. The Kier molecular flexibility index (Phi) is 3.98. The molecule has 0 saturated heterocycles. The van der Waals surface area contributed by atoms with Crippen LogP contribution in [0, 0.1) is 0 Å². The minimum absolute atomic E-state index is 0.379. The zero-order valence-electron chi connectivity index (χ0n) is 7.47. The van der Waals surface area contributed by atoms with E-state index in [-0.39, 0.29) is 0 Å². The van der Waals surface area contributed by atoms with E-state index in [1.807, 2.05) is 0 Å². The molecule has 2 heteroatoms. The Bertz CT molecular complexity index is 137. The molecule has 1 fully saturated rings. The zero-order chi connectivity index (χ0) is 8.81. The first-order valence-corrected chi connectivity index (χ1v) is 4.82. The van der Waals surface area contributed by atoms with E-state index in [1.165, 1.54) is 0 Å². The van der Waals surface area contributed by atoms with Crippen LogP contribution in [-0.4, -0.2) is 11.6 Å². The lowest BCUT2D eigenvalue weighted by molar-refractivity contribution is -0.122. The van der Waals surface area contributed by atoms with Gasteiger partial charge < -0.3 is 0 Å². The van der Waals surface area contributed by atoms with Crippen molar-refractivity contribution in [2.45, 2.75) is 51.4 Å². The van der Waals surface area contributed by atoms with Crippen LogP contribution in [0.4, 0.5) is 0 Å². The van der Waals surface area contributed by atoms with Gasteiger partial charge in [-0.3, -0.25) is 9.59 Å². The van der Waals surface area contributed by atoms with Gasteiger partial charge in [-0.25, -0.2) is 0 Å². The Labute approximate surface area is 73.3 Å². The molecule has 0 amide bonds. The van der Waals surface area contributed by atoms with Gasteiger partial charge in [0, 0.05) is 25.7 Å². The zero-order valence-corrected chi connectivity index (χ0v) is 7.47. The van der Waals surface area contributed by atoms with Crippen molar-refractivity contribution >= 4 is 11.6 Å². The number of carbonyl (C=O) groups excluding carboxylic acids is 2. The first kappa shape index (κ1) is 9.43. The summed E-state index contributed by atoms with van der Waals surface area (Å²) >= 11 is 0. The van der Waals surface area contributed by atoms with Gasteiger partial charge in [-0.15, -0.1) is 0 Å². The van der Waals surface area contributed by atoms with Crippen molar-refractivity contribution in [2.24, 2.45) is 0 Å². The maximum Gasteiger partial charge on any atom is 0.132 e. The molecule has 0 unspecified atom stereocenters. The van der Waals surface area contributed by atoms with Crippen LogP contribution in [0.15, 0.2) is 0 Å². The molecule has 0 aromatic carbocycles. The molecule has 0 atom stereocenters. The molecule has 0 aliphatic heterocycles. The van der Waals surface area contributed by atoms with Crippen LogP contribution in [0.2, 0.25) is 0 Å². The molecule has 0 radical (unpaired) electrons. The Hall–Kier alpha value is -0.660. The first-order chi connectivity index (χ1) is 5.79. The standard InChI is InChI=1S/C10H16O2/c11-9-5-1-2-6-10(12)8-4-3-7-9/h1-8H2. The van der Waals surface area contributed by atoms with Crippen molar-refractivity contribution in [1.29, 1.82) is 0 Å². The molecule has 0 N–H and O–H groups in total. The van der Waals surface area contributed by atoms with Gasteiger partial charge in [0.05, 0.1) is 0 Å². The average Bonchev–Trinajstić information content (AvgIpc) is 2.06. The number of carbonyl (C=O) groups is 2. The Morgan fingerprint density at radius 2 is 0.833 bits per heavy atom. The molecule has 1 saturated carbocycles. The fraction of sp³-hybridized carbons (Fsp3) is 0.800. The van der Waals surface area contributed by atoms with Crippen molar-refractivity contribution in [3.05, 3.63) is 0 Å². The van der Waals surface area contributed by atoms with Gasteiger partial charge in [0.2, 0.25) is 0 Å². The highest BCUT2D eigenvalue weighted by molar-refractivity contribution is 5.80. The maximum absolute atomic E-state index is 11.1. The molecule has 1 aliphatic rings. The van der Waals surface area contributed by atoms with Crippen molar-refractivity contribution in [3.63, 3.8) is 0 Å². The molecule has 2 nitrogen and oxygen atoms in total. The van der Waals surface area contributed by atoms with Crippen LogP contribution >= 0.6 is 0 Å². The van der Waals surface area contributed by atoms with Crippen LogP contribution in [-0.2, 0) is 9.59 Å². The highest BCUT2D eigenvalue weighted by atomic mass is 16.1. The summed E-state index contributed by atoms with van der Waals surface area (Å²) < 4.78 is 0. The normalized spacial score (nSPS) is 22.3. The van der Waals surface area contributed by atoms with Gasteiger partial charge in [-0.05, 0) is 25.7 Å². The Balaban J connectivity index is 2.29. The molecule has 12 heavy (non-hydrogen) atoms. The summed E-state index contributed by atoms with van der Waals surface area (Å²) in [4.78, 5) is 22.2. The molecule has 0 bridgehead atoms. The number of Topliss-reactive ketones (excluding diaryl/α,β-unsaturated/α-hetero) is 2. The fourth-order valence-electron chi connectivity index (χ4n) is 1.54. The molecule has 0 aromatic heterocycles. The monoisotopic (exact) mass is 168 g/mol. The third-order valence-corrected chi connectivity index (χ3v) is 2.32. The van der Waals surface area contributed by atoms with Crippen LogP contribution in [0.1, 0.15) is 51.4 Å². The maximum atomic E-state index is 11.1. The van der Waals surface area contributed by atoms with Crippen molar-refractivity contribution in [2.75, 3.05) is 0 Å². The summed E-state index contributed by atoms with van der Waals surface area (Å²) in [6.45, 7) is 0. The molecule has 1 rings (SSSR count). The number of hydrogen-bond donors (Lipinski definition) is 0. The smallest absolute Gasteiger partial charge is 0.132 e. The molecule has 0 spiro atoms. The van der Waals surface area contributed by atoms with Gasteiger partial charge >= 0.3 is 0 Å². The van der Waals surface area contributed by atoms with Gasteiger partial charge in [0.25, 0.3) is 0 Å². The van der Waals surface area contributed by atoms with E-state index in [2.05, 4.69) is 0 Å². The van der Waals surface area contributed by atoms with Gasteiger partial charge in [-0.2, -0.15) is 0 Å². The predicted octanol–water partition coefficient (Wildman–Crippen LogP) is 2.26. The van der Waals surface area contributed by atoms with Crippen molar-refractivity contribution in [3.8, 4) is 0 Å². The summed E-state index contributed by atoms with van der Waals surface area (Å²) in [5, 5.41) is 0.